The van der Waals surface area contributed by atoms with Gasteiger partial charge in [-0.25, -0.2) is 0 Å². The summed E-state index contributed by atoms with van der Waals surface area (Å²) in [5.74, 6) is 0.951. The zero-order valence-corrected chi connectivity index (χ0v) is 8.29. The fourth-order valence-corrected chi connectivity index (χ4v) is 0.863. The Balaban J connectivity index is 2.44. The van der Waals surface area contributed by atoms with Gasteiger partial charge in [0.2, 0.25) is 0 Å². The summed E-state index contributed by atoms with van der Waals surface area (Å²) in [6.45, 7) is 7.25. The van der Waals surface area contributed by atoms with Crippen molar-refractivity contribution in [3.8, 4) is 5.75 Å². The summed E-state index contributed by atoms with van der Waals surface area (Å²) in [6, 6.07) is 1.98. The third kappa shape index (κ3) is 2.99. The lowest BCUT2D eigenvalue weighted by Crippen LogP contribution is -2.16. The van der Waals surface area contributed by atoms with Crippen molar-refractivity contribution in [3.63, 3.8) is 0 Å². The van der Waals surface area contributed by atoms with E-state index in [2.05, 4.69) is 20.8 Å². The van der Waals surface area contributed by atoms with Crippen molar-refractivity contribution >= 4 is 0 Å². The van der Waals surface area contributed by atoms with E-state index in [9.17, 15) is 0 Å². The van der Waals surface area contributed by atoms with Crippen molar-refractivity contribution in [2.75, 3.05) is 6.61 Å². The summed E-state index contributed by atoms with van der Waals surface area (Å²) >= 11 is 0. The van der Waals surface area contributed by atoms with Gasteiger partial charge in [0.15, 0.2) is 0 Å². The lowest BCUT2D eigenvalue weighted by Gasteiger charge is -2.17. The second kappa shape index (κ2) is 3.21. The molecule has 0 aliphatic rings. The maximum Gasteiger partial charge on any atom is 0.136 e. The van der Waals surface area contributed by atoms with Crippen LogP contribution in [0, 0.1) is 5.41 Å². The molecule has 0 unspecified atom stereocenters. The van der Waals surface area contributed by atoms with Gasteiger partial charge in [0.05, 0.1) is 6.61 Å². The smallest absolute Gasteiger partial charge is 0.136 e. The lowest BCUT2D eigenvalue weighted by atomic mass is 9.99. The van der Waals surface area contributed by atoms with Crippen molar-refractivity contribution in [2.24, 2.45) is 12.5 Å². The van der Waals surface area contributed by atoms with E-state index in [0.29, 0.717) is 0 Å². The van der Waals surface area contributed by atoms with Gasteiger partial charge in [0.1, 0.15) is 5.75 Å². The molecule has 1 aromatic rings. The third-order valence-corrected chi connectivity index (χ3v) is 1.48. The Morgan fingerprint density at radius 2 is 2.08 bits per heavy atom. The van der Waals surface area contributed by atoms with Gasteiger partial charge in [-0.2, -0.15) is 0 Å². The molecular formula is C10H17NO. The Morgan fingerprint density at radius 3 is 2.50 bits per heavy atom. The molecule has 0 bridgehead atoms. The zero-order valence-electron chi connectivity index (χ0n) is 8.29. The average Bonchev–Trinajstić information content (AvgIpc) is 2.30. The first-order valence-electron chi connectivity index (χ1n) is 4.22. The maximum absolute atomic E-state index is 5.57. The van der Waals surface area contributed by atoms with Gasteiger partial charge in [-0.05, 0) is 11.5 Å². The van der Waals surface area contributed by atoms with E-state index in [0.717, 1.165) is 12.4 Å². The highest BCUT2D eigenvalue weighted by atomic mass is 16.5. The predicted molar refractivity (Wildman–Crippen MR) is 50.4 cm³/mol. The van der Waals surface area contributed by atoms with Gasteiger partial charge < -0.3 is 9.30 Å². The second-order valence-electron chi connectivity index (χ2n) is 4.36. The topological polar surface area (TPSA) is 14.2 Å². The fourth-order valence-electron chi connectivity index (χ4n) is 0.863. The molecule has 0 atom stereocenters. The molecule has 68 valence electrons. The summed E-state index contributed by atoms with van der Waals surface area (Å²) in [6.07, 6.45) is 3.96. The quantitative estimate of drug-likeness (QED) is 0.660. The molecular weight excluding hydrogens is 150 g/mol. The van der Waals surface area contributed by atoms with Crippen molar-refractivity contribution in [2.45, 2.75) is 20.8 Å². The molecule has 1 aromatic heterocycles. The number of hydrogen-bond donors (Lipinski definition) is 0. The van der Waals surface area contributed by atoms with Crippen LogP contribution in [0.15, 0.2) is 18.5 Å². The number of nitrogens with zero attached hydrogens (tertiary/aromatic N) is 1. The van der Waals surface area contributed by atoms with E-state index in [4.69, 9.17) is 4.74 Å². The molecule has 0 saturated heterocycles. The molecule has 2 nitrogen and oxygen atoms in total. The Bertz CT molecular complexity index is 245. The Hall–Kier alpha value is -0.920. The molecule has 0 aromatic carbocycles. The molecule has 2 heteroatoms. The molecule has 1 heterocycles. The summed E-state index contributed by atoms with van der Waals surface area (Å²) < 4.78 is 7.55. The largest absolute Gasteiger partial charge is 0.491 e. The average molecular weight is 167 g/mol. The van der Waals surface area contributed by atoms with Crippen LogP contribution in [0.5, 0.6) is 5.75 Å². The summed E-state index contributed by atoms with van der Waals surface area (Å²) in [4.78, 5) is 0. The highest BCUT2D eigenvalue weighted by Gasteiger charge is 2.10. The normalized spacial score (nSPS) is 11.7. The van der Waals surface area contributed by atoms with Gasteiger partial charge in [-0.3, -0.25) is 0 Å². The van der Waals surface area contributed by atoms with Gasteiger partial charge in [-0.15, -0.1) is 0 Å². The first kappa shape index (κ1) is 9.17. The first-order valence-corrected chi connectivity index (χ1v) is 4.22. The second-order valence-corrected chi connectivity index (χ2v) is 4.36. The predicted octanol–water partition coefficient (Wildman–Crippen LogP) is 2.45. The molecule has 0 spiro atoms. The molecule has 0 aliphatic carbocycles. The van der Waals surface area contributed by atoms with Crippen LogP contribution in [0.2, 0.25) is 0 Å². The van der Waals surface area contributed by atoms with Crippen LogP contribution < -0.4 is 4.74 Å². The lowest BCUT2D eigenvalue weighted by molar-refractivity contribution is 0.198. The van der Waals surface area contributed by atoms with Crippen molar-refractivity contribution < 1.29 is 4.74 Å². The van der Waals surface area contributed by atoms with E-state index >= 15 is 0 Å². The number of hydrogen-bond acceptors (Lipinski definition) is 1. The molecule has 0 N–H and O–H groups in total. The van der Waals surface area contributed by atoms with Gasteiger partial charge >= 0.3 is 0 Å². The van der Waals surface area contributed by atoms with E-state index in [1.807, 2.05) is 30.1 Å². The molecule has 0 radical (unpaired) electrons. The summed E-state index contributed by atoms with van der Waals surface area (Å²) in [5, 5.41) is 0. The standard InChI is InChI=1S/C10H17NO/c1-10(2,3)8-12-9-5-6-11(4)7-9/h5-7H,8H2,1-4H3. The highest BCUT2D eigenvalue weighted by molar-refractivity contribution is 5.17. The van der Waals surface area contributed by atoms with E-state index in [-0.39, 0.29) is 5.41 Å². The third-order valence-electron chi connectivity index (χ3n) is 1.48. The Labute approximate surface area is 74.2 Å². The number of aromatic nitrogens is 1. The van der Waals surface area contributed by atoms with Gasteiger partial charge in [0, 0.05) is 19.4 Å². The van der Waals surface area contributed by atoms with Crippen LogP contribution in [-0.4, -0.2) is 11.2 Å². The SMILES string of the molecule is Cn1ccc(OCC(C)(C)C)c1. The molecule has 12 heavy (non-hydrogen) atoms. The number of rotatable bonds is 2. The van der Waals surface area contributed by atoms with Gasteiger partial charge in [0.25, 0.3) is 0 Å². The van der Waals surface area contributed by atoms with Crippen LogP contribution in [0.3, 0.4) is 0 Å². The van der Waals surface area contributed by atoms with Crippen LogP contribution in [0.4, 0.5) is 0 Å². The summed E-state index contributed by atoms with van der Waals surface area (Å²) in [7, 11) is 1.99. The molecule has 0 amide bonds. The van der Waals surface area contributed by atoms with Crippen molar-refractivity contribution in [1.29, 1.82) is 0 Å². The minimum atomic E-state index is 0.232. The number of aryl methyl sites for hydroxylation is 1. The fraction of sp³-hybridized carbons (Fsp3) is 0.600. The van der Waals surface area contributed by atoms with E-state index in [1.54, 1.807) is 0 Å². The Morgan fingerprint density at radius 1 is 1.42 bits per heavy atom. The van der Waals surface area contributed by atoms with Crippen LogP contribution in [0.25, 0.3) is 0 Å². The van der Waals surface area contributed by atoms with Crippen LogP contribution >= 0.6 is 0 Å². The van der Waals surface area contributed by atoms with Crippen LogP contribution in [0.1, 0.15) is 20.8 Å². The maximum atomic E-state index is 5.57. The highest BCUT2D eigenvalue weighted by Crippen LogP contribution is 2.17. The minimum absolute atomic E-state index is 0.232. The van der Waals surface area contributed by atoms with Crippen molar-refractivity contribution in [1.82, 2.24) is 4.57 Å². The zero-order chi connectivity index (χ0) is 9.19. The van der Waals surface area contributed by atoms with E-state index in [1.165, 1.54) is 0 Å². The number of ether oxygens (including phenoxy) is 1. The monoisotopic (exact) mass is 167 g/mol. The Kier molecular flexibility index (Phi) is 2.46. The summed E-state index contributed by atoms with van der Waals surface area (Å²) in [5.41, 5.74) is 0.232. The minimum Gasteiger partial charge on any atom is -0.491 e. The van der Waals surface area contributed by atoms with E-state index < -0.39 is 0 Å². The molecule has 0 fully saturated rings. The molecule has 1 rings (SSSR count). The van der Waals surface area contributed by atoms with Crippen molar-refractivity contribution in [3.05, 3.63) is 18.5 Å². The van der Waals surface area contributed by atoms with Gasteiger partial charge in [-0.1, -0.05) is 20.8 Å². The molecule has 0 aliphatic heterocycles. The first-order chi connectivity index (χ1) is 5.47. The molecule has 0 saturated carbocycles. The van der Waals surface area contributed by atoms with Crippen LogP contribution in [-0.2, 0) is 7.05 Å².